The van der Waals surface area contributed by atoms with Gasteiger partial charge in [0, 0.05) is 17.4 Å². The Morgan fingerprint density at radius 2 is 1.76 bits per heavy atom. The summed E-state index contributed by atoms with van der Waals surface area (Å²) in [6.45, 7) is 0.193. The molecule has 0 bridgehead atoms. The van der Waals surface area contributed by atoms with E-state index < -0.39 is 16.0 Å². The van der Waals surface area contributed by atoms with Crippen molar-refractivity contribution in [2.24, 2.45) is 5.14 Å². The number of ether oxygens (including phenoxy) is 1. The minimum absolute atomic E-state index is 0.00669. The smallest absolute Gasteiger partial charge is 0.330 e. The zero-order valence-electron chi connectivity index (χ0n) is 20.0. The number of benzene rings is 3. The van der Waals surface area contributed by atoms with Gasteiger partial charge in [0.1, 0.15) is 0 Å². The summed E-state index contributed by atoms with van der Waals surface area (Å²) in [6, 6.07) is 19.8. The molecule has 0 unspecified atom stereocenters. The fraction of sp³-hybridized carbons (Fsp3) is 0.115. The molecule has 1 heterocycles. The zero-order chi connectivity index (χ0) is 27.1. The summed E-state index contributed by atoms with van der Waals surface area (Å²) >= 11 is 1.40. The van der Waals surface area contributed by atoms with Crippen molar-refractivity contribution >= 4 is 33.8 Å². The predicted octanol–water partition coefficient (Wildman–Crippen LogP) is 3.73. The predicted molar refractivity (Wildman–Crippen MR) is 143 cm³/mol. The molecule has 0 amide bonds. The maximum atomic E-state index is 11.9. The lowest BCUT2D eigenvalue weighted by molar-refractivity contribution is -0.137. The van der Waals surface area contributed by atoms with E-state index >= 15 is 0 Å². The highest BCUT2D eigenvalue weighted by Crippen LogP contribution is 2.27. The molecule has 0 spiro atoms. The van der Waals surface area contributed by atoms with Crippen molar-refractivity contribution in [1.29, 1.82) is 0 Å². The molecular formula is C26H24N4O6S2. The molecule has 0 saturated heterocycles. The van der Waals surface area contributed by atoms with E-state index in [4.69, 9.17) is 9.88 Å². The molecule has 0 atom stereocenters. The molecule has 10 nitrogen and oxygen atoms in total. The first-order valence-electron chi connectivity index (χ1n) is 11.4. The van der Waals surface area contributed by atoms with Gasteiger partial charge in [0.2, 0.25) is 15.2 Å². The van der Waals surface area contributed by atoms with Gasteiger partial charge in [-0.15, -0.1) is 5.10 Å². The number of thioether (sulfide) groups is 1. The number of hydrogen-bond donors (Lipinski definition) is 3. The number of para-hydroxylation sites is 1. The number of phenolic OH excluding ortho intramolecular Hbond substituents is 2. The van der Waals surface area contributed by atoms with Crippen molar-refractivity contribution < 1.29 is 28.2 Å². The Hall–Kier alpha value is -4.13. The van der Waals surface area contributed by atoms with Crippen LogP contribution in [0.15, 0.2) is 88.9 Å². The fourth-order valence-electron chi connectivity index (χ4n) is 3.34. The van der Waals surface area contributed by atoms with E-state index in [0.717, 1.165) is 5.69 Å². The SMILES string of the molecule is NS(=O)(=O)c1ccc(-c2nc(SCCCOC(=O)/C=C/c3ccc(O)c(O)c3)nn2-c2ccccc2)cc1. The van der Waals surface area contributed by atoms with Crippen molar-refractivity contribution in [2.45, 2.75) is 16.5 Å². The zero-order valence-corrected chi connectivity index (χ0v) is 21.6. The lowest BCUT2D eigenvalue weighted by atomic mass is 10.2. The second-order valence-electron chi connectivity index (χ2n) is 7.99. The Bertz CT molecular complexity index is 1550. The van der Waals surface area contributed by atoms with Crippen LogP contribution in [0.3, 0.4) is 0 Å². The molecule has 12 heteroatoms. The molecule has 1 aromatic heterocycles. The van der Waals surface area contributed by atoms with E-state index in [0.29, 0.717) is 34.3 Å². The third-order valence-corrected chi connectivity index (χ3v) is 7.06. The number of aromatic hydroxyl groups is 2. The van der Waals surface area contributed by atoms with Gasteiger partial charge in [-0.05, 0) is 66.6 Å². The number of rotatable bonds is 10. The van der Waals surface area contributed by atoms with Crippen LogP contribution in [0.25, 0.3) is 23.2 Å². The molecule has 0 fully saturated rings. The number of esters is 1. The van der Waals surface area contributed by atoms with Crippen LogP contribution in [0.5, 0.6) is 11.5 Å². The minimum atomic E-state index is -3.81. The average Bonchev–Trinajstić information content (AvgIpc) is 3.33. The first-order valence-corrected chi connectivity index (χ1v) is 13.9. The standard InChI is InChI=1S/C26H24N4O6S2/c27-38(34,35)21-11-9-19(10-12-21)25-28-26(29-30(25)20-5-2-1-3-6-20)37-16-4-15-36-24(33)14-8-18-7-13-22(31)23(32)17-18/h1-3,5-14,17,31-32H,4,15-16H2,(H2,27,34,35)/b14-8+. The normalized spacial score (nSPS) is 11.6. The van der Waals surface area contributed by atoms with Crippen molar-refractivity contribution in [2.75, 3.05) is 12.4 Å². The van der Waals surface area contributed by atoms with Crippen LogP contribution >= 0.6 is 11.8 Å². The molecule has 0 aliphatic heterocycles. The largest absolute Gasteiger partial charge is 0.504 e. The lowest BCUT2D eigenvalue weighted by Gasteiger charge is -2.06. The molecule has 4 aromatic rings. The van der Waals surface area contributed by atoms with Crippen LogP contribution in [0.1, 0.15) is 12.0 Å². The van der Waals surface area contributed by atoms with Crippen LogP contribution in [0, 0.1) is 0 Å². The van der Waals surface area contributed by atoms with E-state index in [1.54, 1.807) is 22.9 Å². The van der Waals surface area contributed by atoms with Gasteiger partial charge >= 0.3 is 5.97 Å². The Morgan fingerprint density at radius 3 is 2.45 bits per heavy atom. The molecule has 0 aliphatic carbocycles. The fourth-order valence-corrected chi connectivity index (χ4v) is 4.59. The molecule has 38 heavy (non-hydrogen) atoms. The second-order valence-corrected chi connectivity index (χ2v) is 10.6. The van der Waals surface area contributed by atoms with E-state index in [2.05, 4.69) is 10.1 Å². The summed E-state index contributed by atoms with van der Waals surface area (Å²) in [5, 5.41) is 29.2. The number of sulfonamides is 1. The van der Waals surface area contributed by atoms with Crippen LogP contribution in [0.2, 0.25) is 0 Å². The van der Waals surface area contributed by atoms with Gasteiger partial charge in [0.15, 0.2) is 17.3 Å². The van der Waals surface area contributed by atoms with Gasteiger partial charge < -0.3 is 14.9 Å². The molecule has 0 aliphatic rings. The number of primary sulfonamides is 1. The van der Waals surface area contributed by atoms with E-state index in [1.165, 1.54) is 48.2 Å². The molecular weight excluding hydrogens is 528 g/mol. The average molecular weight is 553 g/mol. The third kappa shape index (κ3) is 7.00. The topological polar surface area (TPSA) is 158 Å². The van der Waals surface area contributed by atoms with Crippen molar-refractivity contribution in [1.82, 2.24) is 14.8 Å². The molecule has 0 saturated carbocycles. The number of hydrogen-bond acceptors (Lipinski definition) is 9. The van der Waals surface area contributed by atoms with Crippen LogP contribution in [-0.4, -0.2) is 51.7 Å². The molecule has 3 aromatic carbocycles. The van der Waals surface area contributed by atoms with Gasteiger partial charge in [-0.25, -0.2) is 28.0 Å². The van der Waals surface area contributed by atoms with E-state index in [9.17, 15) is 23.4 Å². The summed E-state index contributed by atoms with van der Waals surface area (Å²) in [7, 11) is -3.81. The van der Waals surface area contributed by atoms with Crippen molar-refractivity contribution in [3.8, 4) is 28.6 Å². The number of aromatic nitrogens is 3. The lowest BCUT2D eigenvalue weighted by Crippen LogP contribution is -2.11. The maximum absolute atomic E-state index is 11.9. The van der Waals surface area contributed by atoms with Gasteiger partial charge in [-0.1, -0.05) is 36.0 Å². The number of nitrogens with two attached hydrogens (primary N) is 1. The van der Waals surface area contributed by atoms with Crippen molar-refractivity contribution in [3.05, 3.63) is 84.4 Å². The molecule has 196 valence electrons. The molecule has 0 radical (unpaired) electrons. The number of phenols is 2. The first-order chi connectivity index (χ1) is 18.2. The van der Waals surface area contributed by atoms with Gasteiger partial charge in [-0.3, -0.25) is 0 Å². The summed E-state index contributed by atoms with van der Waals surface area (Å²) in [4.78, 5) is 16.6. The highest BCUT2D eigenvalue weighted by atomic mass is 32.2. The van der Waals surface area contributed by atoms with Crippen LogP contribution in [0.4, 0.5) is 0 Å². The van der Waals surface area contributed by atoms with E-state index in [-0.39, 0.29) is 23.0 Å². The highest BCUT2D eigenvalue weighted by molar-refractivity contribution is 7.99. The summed E-state index contributed by atoms with van der Waals surface area (Å²) < 4.78 is 30.1. The summed E-state index contributed by atoms with van der Waals surface area (Å²) in [5.74, 6) is 0.0866. The molecule has 4 N–H and O–H groups in total. The van der Waals surface area contributed by atoms with Crippen molar-refractivity contribution in [3.63, 3.8) is 0 Å². The maximum Gasteiger partial charge on any atom is 0.330 e. The number of nitrogens with zero attached hydrogens (tertiary/aromatic N) is 3. The second kappa shape index (κ2) is 11.9. The summed E-state index contributed by atoms with van der Waals surface area (Å²) in [6.07, 6.45) is 3.28. The number of carbonyl (C=O) groups is 1. The monoisotopic (exact) mass is 552 g/mol. The summed E-state index contributed by atoms with van der Waals surface area (Å²) in [5.41, 5.74) is 2.01. The van der Waals surface area contributed by atoms with Gasteiger partial charge in [-0.2, -0.15) is 0 Å². The quantitative estimate of drug-likeness (QED) is 0.0876. The Morgan fingerprint density at radius 1 is 1.03 bits per heavy atom. The Balaban J connectivity index is 1.37. The van der Waals surface area contributed by atoms with Gasteiger partial charge in [0.25, 0.3) is 0 Å². The van der Waals surface area contributed by atoms with Crippen LogP contribution in [-0.2, 0) is 19.6 Å². The minimum Gasteiger partial charge on any atom is -0.504 e. The van der Waals surface area contributed by atoms with E-state index in [1.807, 2.05) is 30.3 Å². The first kappa shape index (κ1) is 26.9. The third-order valence-electron chi connectivity index (χ3n) is 5.21. The molecule has 4 rings (SSSR count). The van der Waals surface area contributed by atoms with Crippen LogP contribution < -0.4 is 5.14 Å². The van der Waals surface area contributed by atoms with Gasteiger partial charge in [0.05, 0.1) is 17.2 Å². The highest BCUT2D eigenvalue weighted by Gasteiger charge is 2.15. The Kier molecular flexibility index (Phi) is 8.46. The Labute approximate surface area is 223 Å². The number of carbonyl (C=O) groups excluding carboxylic acids is 1.